The predicted octanol–water partition coefficient (Wildman–Crippen LogP) is 8.04. The molecule has 0 unspecified atom stereocenters. The molecule has 0 saturated carbocycles. The molecule has 169 valence electrons. The molecule has 0 heterocycles. The van der Waals surface area contributed by atoms with Crippen molar-refractivity contribution in [3.05, 3.63) is 111 Å². The Bertz CT molecular complexity index is 2500. The SMILES string of the molecule is [O]c1c2cc3ccccc3c3c(=O)c4cc5ccccc5c5c4-c(c4c(cc6ccccc6c14)c5=O)c23. The molecule has 0 spiro atoms. The second-order valence-corrected chi connectivity index (χ2v) is 10.0. The van der Waals surface area contributed by atoms with Crippen molar-refractivity contribution >= 4 is 75.4 Å². The fraction of sp³-hybridized carbons (Fsp3) is 0. The van der Waals surface area contributed by atoms with Crippen molar-refractivity contribution in [1.82, 2.24) is 0 Å². The normalized spacial score (nSPS) is 12.6. The number of rotatable bonds is 0. The molecule has 0 fully saturated rings. The van der Waals surface area contributed by atoms with E-state index in [0.717, 1.165) is 37.9 Å². The molecule has 7 aromatic rings. The number of hydrogen-bond donors (Lipinski definition) is 0. The van der Waals surface area contributed by atoms with E-state index >= 15 is 0 Å². The van der Waals surface area contributed by atoms with Crippen molar-refractivity contribution in [1.29, 1.82) is 0 Å². The summed E-state index contributed by atoms with van der Waals surface area (Å²) in [5.41, 5.74) is 1.26. The quantitative estimate of drug-likeness (QED) is 0.166. The predicted molar refractivity (Wildman–Crippen MR) is 152 cm³/mol. The zero-order chi connectivity index (χ0) is 24.6. The van der Waals surface area contributed by atoms with Crippen LogP contribution in [0.4, 0.5) is 0 Å². The monoisotopic (exact) mass is 471 g/mol. The zero-order valence-electron chi connectivity index (χ0n) is 19.4. The van der Waals surface area contributed by atoms with Crippen molar-refractivity contribution in [3.8, 4) is 16.9 Å². The Balaban J connectivity index is 1.81. The van der Waals surface area contributed by atoms with Gasteiger partial charge in [-0.15, -0.1) is 0 Å². The van der Waals surface area contributed by atoms with Crippen LogP contribution >= 0.6 is 0 Å². The molecule has 0 atom stereocenters. The van der Waals surface area contributed by atoms with Crippen molar-refractivity contribution < 1.29 is 5.11 Å². The van der Waals surface area contributed by atoms with E-state index in [9.17, 15) is 14.7 Å². The molecule has 3 nitrogen and oxygen atoms in total. The van der Waals surface area contributed by atoms with Crippen molar-refractivity contribution in [2.24, 2.45) is 0 Å². The Kier molecular flexibility index (Phi) is 3.22. The molecule has 0 bridgehead atoms. The van der Waals surface area contributed by atoms with Crippen molar-refractivity contribution in [2.75, 3.05) is 0 Å². The molecule has 37 heavy (non-hydrogen) atoms. The third-order valence-corrected chi connectivity index (χ3v) is 8.31. The molecule has 3 heteroatoms. The number of fused-ring (bicyclic) bond motifs is 6. The van der Waals surface area contributed by atoms with E-state index in [1.165, 1.54) is 0 Å². The summed E-state index contributed by atoms with van der Waals surface area (Å²) in [6.45, 7) is 0. The van der Waals surface area contributed by atoms with Crippen LogP contribution in [-0.4, -0.2) is 0 Å². The first-order valence-corrected chi connectivity index (χ1v) is 12.3. The summed E-state index contributed by atoms with van der Waals surface area (Å²) in [5.74, 6) is -0.132. The van der Waals surface area contributed by atoms with Crippen LogP contribution in [0, 0.1) is 0 Å². The van der Waals surface area contributed by atoms with Gasteiger partial charge in [-0.05, 0) is 50.5 Å². The molecule has 0 N–H and O–H groups in total. The Morgan fingerprint density at radius 2 is 0.838 bits per heavy atom. The molecular weight excluding hydrogens is 456 g/mol. The Morgan fingerprint density at radius 3 is 1.49 bits per heavy atom. The maximum Gasteiger partial charge on any atom is 0.194 e. The maximum atomic E-state index is 14.3. The lowest BCUT2D eigenvalue weighted by Crippen LogP contribution is -2.14. The van der Waals surface area contributed by atoms with Crippen LogP contribution in [0.2, 0.25) is 0 Å². The average molecular weight is 471 g/mol. The van der Waals surface area contributed by atoms with Crippen LogP contribution in [0.5, 0.6) is 5.75 Å². The summed E-state index contributed by atoms with van der Waals surface area (Å²) in [7, 11) is 0. The summed E-state index contributed by atoms with van der Waals surface area (Å²) in [6, 6.07) is 29.0. The fourth-order valence-corrected chi connectivity index (χ4v) is 6.85. The second-order valence-electron chi connectivity index (χ2n) is 10.0. The van der Waals surface area contributed by atoms with Crippen molar-refractivity contribution in [3.63, 3.8) is 0 Å². The van der Waals surface area contributed by atoms with Crippen LogP contribution in [0.15, 0.2) is 101 Å². The van der Waals surface area contributed by atoms with Gasteiger partial charge in [-0.25, -0.2) is 0 Å². The maximum absolute atomic E-state index is 14.3. The first kappa shape index (κ1) is 19.2. The van der Waals surface area contributed by atoms with Crippen LogP contribution in [0.3, 0.4) is 0 Å². The van der Waals surface area contributed by atoms with E-state index < -0.39 is 0 Å². The smallest absolute Gasteiger partial charge is 0.194 e. The summed E-state index contributed by atoms with van der Waals surface area (Å²) >= 11 is 0. The van der Waals surface area contributed by atoms with Crippen LogP contribution < -0.4 is 10.9 Å². The van der Waals surface area contributed by atoms with Gasteiger partial charge in [0.05, 0.1) is 0 Å². The summed E-state index contributed by atoms with van der Waals surface area (Å²) < 4.78 is 0. The summed E-state index contributed by atoms with van der Waals surface area (Å²) in [6.07, 6.45) is 0. The Labute approximate surface area is 208 Å². The number of benzene rings is 9. The fourth-order valence-electron chi connectivity index (χ4n) is 6.85. The first-order chi connectivity index (χ1) is 18.1. The number of hydrogen-bond acceptors (Lipinski definition) is 2. The third kappa shape index (κ3) is 2.07. The molecule has 7 aromatic carbocycles. The van der Waals surface area contributed by atoms with Gasteiger partial charge in [0.2, 0.25) is 0 Å². The summed E-state index contributed by atoms with van der Waals surface area (Å²) in [4.78, 5) is 28.6. The highest BCUT2D eigenvalue weighted by Gasteiger charge is 2.31. The Morgan fingerprint density at radius 1 is 0.378 bits per heavy atom. The lowest BCUT2D eigenvalue weighted by Gasteiger charge is -2.24. The Hall–Kier alpha value is -5.02. The van der Waals surface area contributed by atoms with Crippen LogP contribution in [0.25, 0.3) is 86.5 Å². The van der Waals surface area contributed by atoms with E-state index in [1.54, 1.807) is 0 Å². The highest BCUT2D eigenvalue weighted by molar-refractivity contribution is 6.39. The van der Waals surface area contributed by atoms with E-state index in [0.29, 0.717) is 48.7 Å². The van der Waals surface area contributed by atoms with Crippen LogP contribution in [0.1, 0.15) is 0 Å². The minimum absolute atomic E-state index is 0.132. The molecule has 0 saturated heterocycles. The minimum atomic E-state index is -0.132. The van der Waals surface area contributed by atoms with Gasteiger partial charge in [0.1, 0.15) is 0 Å². The molecule has 0 amide bonds. The van der Waals surface area contributed by atoms with Crippen molar-refractivity contribution in [2.45, 2.75) is 0 Å². The van der Waals surface area contributed by atoms with Gasteiger partial charge >= 0.3 is 0 Å². The van der Waals surface area contributed by atoms with E-state index in [4.69, 9.17) is 0 Å². The van der Waals surface area contributed by atoms with E-state index in [2.05, 4.69) is 0 Å². The largest absolute Gasteiger partial charge is 0.289 e. The lowest BCUT2D eigenvalue weighted by molar-refractivity contribution is 0.366. The highest BCUT2D eigenvalue weighted by Crippen LogP contribution is 2.53. The third-order valence-electron chi connectivity index (χ3n) is 8.31. The van der Waals surface area contributed by atoms with Gasteiger partial charge in [0.25, 0.3) is 0 Å². The molecule has 1 radical (unpaired) electrons. The zero-order valence-corrected chi connectivity index (χ0v) is 19.4. The van der Waals surface area contributed by atoms with Gasteiger partial charge in [-0.2, -0.15) is 0 Å². The van der Waals surface area contributed by atoms with Gasteiger partial charge < -0.3 is 0 Å². The molecule has 0 aromatic heterocycles. The van der Waals surface area contributed by atoms with Gasteiger partial charge in [0.15, 0.2) is 16.6 Å². The van der Waals surface area contributed by atoms with Gasteiger partial charge in [-0.1, -0.05) is 72.8 Å². The second kappa shape index (κ2) is 6.21. The standard InChI is InChI=1S/C34H15O3/c35-32-22-13-16-7-1-4-10-19(16)28-25(22)31-26-23(33(28)36)14-17-8-3-6-12-21(17)30(26)34(37)24-15-18-9-2-5-11-20(18)29(32)27(24)31/h1-15H. The topological polar surface area (TPSA) is 54.0 Å². The molecular formula is C34H15O3. The molecule has 2 aliphatic carbocycles. The highest BCUT2D eigenvalue weighted by atomic mass is 16.3. The van der Waals surface area contributed by atoms with Crippen LogP contribution in [-0.2, 0) is 5.11 Å². The lowest BCUT2D eigenvalue weighted by atomic mass is 9.77. The molecule has 2 aliphatic rings. The van der Waals surface area contributed by atoms with Gasteiger partial charge in [0, 0.05) is 54.2 Å². The van der Waals surface area contributed by atoms with Gasteiger partial charge in [-0.3, -0.25) is 14.7 Å². The van der Waals surface area contributed by atoms with E-state index in [1.807, 2.05) is 91.0 Å². The molecule has 0 aliphatic heterocycles. The molecule has 9 rings (SSSR count). The first-order valence-electron chi connectivity index (χ1n) is 12.3. The van der Waals surface area contributed by atoms with E-state index in [-0.39, 0.29) is 16.6 Å². The minimum Gasteiger partial charge on any atom is -0.289 e. The average Bonchev–Trinajstić information content (AvgIpc) is 2.93. The summed E-state index contributed by atoms with van der Waals surface area (Å²) in [5, 5.41) is 24.0.